The van der Waals surface area contributed by atoms with Crippen LogP contribution in [0, 0.1) is 0 Å². The van der Waals surface area contributed by atoms with Gasteiger partial charge >= 0.3 is 6.09 Å². The second-order valence-electron chi connectivity index (χ2n) is 7.83. The maximum absolute atomic E-state index is 12.5. The van der Waals surface area contributed by atoms with Crippen molar-refractivity contribution in [1.29, 1.82) is 0 Å². The van der Waals surface area contributed by atoms with Crippen molar-refractivity contribution in [2.24, 2.45) is 0 Å². The lowest BCUT2D eigenvalue weighted by molar-refractivity contribution is 0.0136. The number of carbonyl (C=O) groups excluding carboxylic acids is 1. The molecule has 150 valence electrons. The van der Waals surface area contributed by atoms with Crippen molar-refractivity contribution in [3.05, 3.63) is 30.6 Å². The number of thiol groups is 1. The third-order valence-corrected chi connectivity index (χ3v) is 4.81. The zero-order chi connectivity index (χ0) is 20.3. The maximum atomic E-state index is 12.5. The smallest absolute Gasteiger partial charge is 0.410 e. The Balaban J connectivity index is 1.69. The highest BCUT2D eigenvalue weighted by molar-refractivity contribution is 7.80. The summed E-state index contributed by atoms with van der Waals surface area (Å²) in [7, 11) is 0. The minimum absolute atomic E-state index is 0.0960. The second kappa shape index (κ2) is 8.34. The van der Waals surface area contributed by atoms with E-state index in [1.165, 1.54) is 0 Å². The van der Waals surface area contributed by atoms with Gasteiger partial charge in [0.2, 0.25) is 0 Å². The van der Waals surface area contributed by atoms with E-state index in [4.69, 9.17) is 4.74 Å². The van der Waals surface area contributed by atoms with E-state index in [9.17, 15) is 4.79 Å². The van der Waals surface area contributed by atoms with E-state index in [1.54, 1.807) is 6.20 Å². The van der Waals surface area contributed by atoms with Crippen molar-refractivity contribution in [1.82, 2.24) is 19.9 Å². The molecule has 0 N–H and O–H groups in total. The number of nitrogens with zero attached hydrogens (tertiary/aromatic N) is 5. The molecule has 0 unspecified atom stereocenters. The quantitative estimate of drug-likeness (QED) is 0.625. The molecule has 2 aromatic rings. The number of aromatic nitrogens is 3. The van der Waals surface area contributed by atoms with Crippen LogP contribution in [-0.2, 0) is 4.74 Å². The summed E-state index contributed by atoms with van der Waals surface area (Å²) < 4.78 is 5.56. The zero-order valence-electron chi connectivity index (χ0n) is 16.8. The standard InChI is InChI=1S/C20H27N5O2S/c1-5-15-13-24(10-11-25(15)19(26)27-20(2,3)4)17-7-6-14(12-22-17)16-8-9-21-18(28)23-16/h6-9,12,15H,5,10-11,13H2,1-4H3,(H,21,23,28)/t15-/m0/s1. The summed E-state index contributed by atoms with van der Waals surface area (Å²) in [4.78, 5) is 29.5. The van der Waals surface area contributed by atoms with Gasteiger partial charge in [-0.25, -0.2) is 19.7 Å². The molecule has 0 saturated carbocycles. The van der Waals surface area contributed by atoms with Crippen LogP contribution >= 0.6 is 12.6 Å². The number of carbonyl (C=O) groups is 1. The molecule has 0 aromatic carbocycles. The fraction of sp³-hybridized carbons (Fsp3) is 0.500. The van der Waals surface area contributed by atoms with Gasteiger partial charge in [-0.15, -0.1) is 12.6 Å². The van der Waals surface area contributed by atoms with E-state index in [-0.39, 0.29) is 12.1 Å². The Kier molecular flexibility index (Phi) is 6.07. The van der Waals surface area contributed by atoms with Crippen LogP contribution in [0.15, 0.2) is 35.7 Å². The van der Waals surface area contributed by atoms with Gasteiger partial charge in [0.15, 0.2) is 5.16 Å². The molecule has 1 amide bonds. The fourth-order valence-electron chi connectivity index (χ4n) is 3.21. The summed E-state index contributed by atoms with van der Waals surface area (Å²) in [5.41, 5.74) is 1.22. The molecule has 7 nitrogen and oxygen atoms in total. The average molecular weight is 402 g/mol. The molecule has 1 atom stereocenters. The van der Waals surface area contributed by atoms with Crippen LogP contribution in [0.1, 0.15) is 34.1 Å². The molecule has 0 spiro atoms. The fourth-order valence-corrected chi connectivity index (χ4v) is 3.38. The van der Waals surface area contributed by atoms with Crippen LogP contribution in [0.4, 0.5) is 10.6 Å². The summed E-state index contributed by atoms with van der Waals surface area (Å²) in [5, 5.41) is 0.436. The van der Waals surface area contributed by atoms with Crippen LogP contribution in [0.5, 0.6) is 0 Å². The SMILES string of the molecule is CC[C@H]1CN(c2ccc(-c3ccnc(S)n3)cn2)CCN1C(=O)OC(C)(C)C. The van der Waals surface area contributed by atoms with Crippen molar-refractivity contribution in [2.75, 3.05) is 24.5 Å². The first-order valence-electron chi connectivity index (χ1n) is 9.50. The predicted molar refractivity (Wildman–Crippen MR) is 112 cm³/mol. The number of ether oxygens (including phenoxy) is 1. The number of amides is 1. The topological polar surface area (TPSA) is 71.5 Å². The Hall–Kier alpha value is -2.35. The average Bonchev–Trinajstić information content (AvgIpc) is 2.66. The Morgan fingerprint density at radius 1 is 1.25 bits per heavy atom. The van der Waals surface area contributed by atoms with E-state index in [2.05, 4.69) is 39.4 Å². The number of hydrogen-bond donors (Lipinski definition) is 1. The monoisotopic (exact) mass is 401 g/mol. The van der Waals surface area contributed by atoms with Gasteiger partial charge in [-0.3, -0.25) is 0 Å². The lowest BCUT2D eigenvalue weighted by Crippen LogP contribution is -2.56. The first kappa shape index (κ1) is 20.4. The second-order valence-corrected chi connectivity index (χ2v) is 8.23. The number of pyridine rings is 1. The molecule has 2 aromatic heterocycles. The predicted octanol–water partition coefficient (Wildman–Crippen LogP) is 3.66. The minimum atomic E-state index is -0.488. The Morgan fingerprint density at radius 3 is 2.64 bits per heavy atom. The van der Waals surface area contributed by atoms with Crippen LogP contribution in [0.3, 0.4) is 0 Å². The third kappa shape index (κ3) is 4.92. The molecule has 3 heterocycles. The molecule has 1 fully saturated rings. The van der Waals surface area contributed by atoms with Gasteiger partial charge in [0.1, 0.15) is 11.4 Å². The summed E-state index contributed by atoms with van der Waals surface area (Å²) in [5.74, 6) is 0.895. The van der Waals surface area contributed by atoms with Crippen molar-refractivity contribution in [2.45, 2.75) is 50.9 Å². The molecular formula is C20H27N5O2S. The van der Waals surface area contributed by atoms with Crippen molar-refractivity contribution in [3.63, 3.8) is 0 Å². The van der Waals surface area contributed by atoms with E-state index >= 15 is 0 Å². The number of rotatable bonds is 3. The van der Waals surface area contributed by atoms with Gasteiger partial charge in [0, 0.05) is 37.6 Å². The van der Waals surface area contributed by atoms with Gasteiger partial charge in [-0.1, -0.05) is 6.92 Å². The Morgan fingerprint density at radius 2 is 2.04 bits per heavy atom. The highest BCUT2D eigenvalue weighted by Gasteiger charge is 2.32. The van der Waals surface area contributed by atoms with Crippen molar-refractivity contribution >= 4 is 24.5 Å². The van der Waals surface area contributed by atoms with Crippen LogP contribution in [0.2, 0.25) is 0 Å². The van der Waals surface area contributed by atoms with E-state index in [0.29, 0.717) is 11.7 Å². The lowest BCUT2D eigenvalue weighted by atomic mass is 10.1. The molecule has 28 heavy (non-hydrogen) atoms. The maximum Gasteiger partial charge on any atom is 0.410 e. The molecule has 0 bridgehead atoms. The highest BCUT2D eigenvalue weighted by atomic mass is 32.1. The Bertz CT molecular complexity index is 822. The van der Waals surface area contributed by atoms with Crippen LogP contribution in [-0.4, -0.2) is 57.2 Å². The van der Waals surface area contributed by atoms with Crippen molar-refractivity contribution < 1.29 is 9.53 Å². The molecule has 1 saturated heterocycles. The Labute approximate surface area is 171 Å². The molecule has 1 aliphatic heterocycles. The number of hydrogen-bond acceptors (Lipinski definition) is 7. The summed E-state index contributed by atoms with van der Waals surface area (Å²) in [6, 6.07) is 5.92. The summed E-state index contributed by atoms with van der Waals surface area (Å²) in [6.45, 7) is 9.83. The van der Waals surface area contributed by atoms with Gasteiger partial charge in [0.25, 0.3) is 0 Å². The normalized spacial score (nSPS) is 17.5. The molecule has 3 rings (SSSR count). The van der Waals surface area contributed by atoms with E-state index in [0.717, 1.165) is 36.6 Å². The molecule has 1 aliphatic rings. The largest absolute Gasteiger partial charge is 0.444 e. The molecule has 0 radical (unpaired) electrons. The molecule has 8 heteroatoms. The van der Waals surface area contributed by atoms with Gasteiger partial charge in [0.05, 0.1) is 11.7 Å². The number of piperazine rings is 1. The van der Waals surface area contributed by atoms with Gasteiger partial charge < -0.3 is 14.5 Å². The number of anilines is 1. The third-order valence-electron chi connectivity index (χ3n) is 4.59. The van der Waals surface area contributed by atoms with Gasteiger partial charge in [-0.05, 0) is 45.4 Å². The summed E-state index contributed by atoms with van der Waals surface area (Å²) >= 11 is 4.19. The van der Waals surface area contributed by atoms with Crippen LogP contribution in [0.25, 0.3) is 11.3 Å². The van der Waals surface area contributed by atoms with Crippen molar-refractivity contribution in [3.8, 4) is 11.3 Å². The minimum Gasteiger partial charge on any atom is -0.444 e. The first-order valence-corrected chi connectivity index (χ1v) is 9.94. The van der Waals surface area contributed by atoms with Gasteiger partial charge in [-0.2, -0.15) is 0 Å². The van der Waals surface area contributed by atoms with E-state index < -0.39 is 5.60 Å². The first-order chi connectivity index (χ1) is 13.3. The highest BCUT2D eigenvalue weighted by Crippen LogP contribution is 2.23. The van der Waals surface area contributed by atoms with Crippen LogP contribution < -0.4 is 4.90 Å². The van der Waals surface area contributed by atoms with E-state index in [1.807, 2.05) is 50.1 Å². The zero-order valence-corrected chi connectivity index (χ0v) is 17.7. The summed E-state index contributed by atoms with van der Waals surface area (Å²) in [6.07, 6.45) is 4.11. The molecular weight excluding hydrogens is 374 g/mol. The lowest BCUT2D eigenvalue weighted by Gasteiger charge is -2.41. The molecule has 0 aliphatic carbocycles.